The lowest BCUT2D eigenvalue weighted by Crippen LogP contribution is -2.34. The highest BCUT2D eigenvalue weighted by Crippen LogP contribution is 2.21. The van der Waals surface area contributed by atoms with Crippen molar-refractivity contribution in [2.75, 3.05) is 29.9 Å². The molecule has 0 radical (unpaired) electrons. The van der Waals surface area contributed by atoms with Gasteiger partial charge in [0.1, 0.15) is 0 Å². The van der Waals surface area contributed by atoms with E-state index < -0.39 is 0 Å². The molecule has 1 fully saturated rings. The maximum absolute atomic E-state index is 4.57. The Morgan fingerprint density at radius 3 is 2.62 bits per heavy atom. The van der Waals surface area contributed by atoms with Gasteiger partial charge in [0.05, 0.1) is 0 Å². The van der Waals surface area contributed by atoms with Crippen molar-refractivity contribution in [2.45, 2.75) is 26.7 Å². The predicted octanol–water partition coefficient (Wildman–Crippen LogP) is 1.73. The second-order valence-electron chi connectivity index (χ2n) is 5.41. The van der Waals surface area contributed by atoms with Gasteiger partial charge in [-0.3, -0.25) is 0 Å². The average molecular weight is 287 g/mol. The van der Waals surface area contributed by atoms with Crippen molar-refractivity contribution in [3.63, 3.8) is 0 Å². The van der Waals surface area contributed by atoms with Crippen LogP contribution in [0.25, 0.3) is 5.95 Å². The summed E-state index contributed by atoms with van der Waals surface area (Å²) in [5.41, 5.74) is 0. The van der Waals surface area contributed by atoms with Gasteiger partial charge >= 0.3 is 0 Å². The van der Waals surface area contributed by atoms with Crippen molar-refractivity contribution in [1.82, 2.24) is 24.7 Å². The maximum Gasteiger partial charge on any atom is 0.257 e. The van der Waals surface area contributed by atoms with Crippen molar-refractivity contribution >= 4 is 11.9 Å². The third-order valence-electron chi connectivity index (χ3n) is 3.72. The van der Waals surface area contributed by atoms with Gasteiger partial charge in [0.2, 0.25) is 11.9 Å². The molecular formula is C14H21N7. The average Bonchev–Trinajstić information content (AvgIpc) is 3.02. The molecule has 7 heteroatoms. The Bertz CT molecular complexity index is 573. The molecule has 0 spiro atoms. The third-order valence-corrected chi connectivity index (χ3v) is 3.72. The first kappa shape index (κ1) is 13.8. The zero-order chi connectivity index (χ0) is 14.7. The second-order valence-corrected chi connectivity index (χ2v) is 5.41. The number of aromatic nitrogens is 5. The van der Waals surface area contributed by atoms with Gasteiger partial charge in [0.15, 0.2) is 0 Å². The molecule has 0 amide bonds. The van der Waals surface area contributed by atoms with Gasteiger partial charge < -0.3 is 10.2 Å². The number of anilines is 2. The van der Waals surface area contributed by atoms with Crippen LogP contribution in [-0.2, 0) is 0 Å². The van der Waals surface area contributed by atoms with E-state index in [0.717, 1.165) is 31.5 Å². The molecule has 0 atom stereocenters. The van der Waals surface area contributed by atoms with Crippen LogP contribution in [0.5, 0.6) is 0 Å². The standard InChI is InChI=1S/C14H21N7/c1-3-15-12-17-13(20-9-5-11(2)6-10-20)19-14(18-12)21-8-4-7-16-21/h4,7-8,11H,3,5-6,9-10H2,1-2H3,(H,15,17,18,19). The van der Waals surface area contributed by atoms with E-state index in [9.17, 15) is 0 Å². The summed E-state index contributed by atoms with van der Waals surface area (Å²) in [5.74, 6) is 2.67. The smallest absolute Gasteiger partial charge is 0.257 e. The van der Waals surface area contributed by atoms with Crippen LogP contribution < -0.4 is 10.2 Å². The van der Waals surface area contributed by atoms with Crippen LogP contribution >= 0.6 is 0 Å². The fourth-order valence-corrected chi connectivity index (χ4v) is 2.43. The van der Waals surface area contributed by atoms with Gasteiger partial charge in [0.25, 0.3) is 5.95 Å². The minimum absolute atomic E-state index is 0.555. The summed E-state index contributed by atoms with van der Waals surface area (Å²) in [6, 6.07) is 1.86. The van der Waals surface area contributed by atoms with E-state index in [0.29, 0.717) is 11.9 Å². The van der Waals surface area contributed by atoms with E-state index in [1.165, 1.54) is 12.8 Å². The highest BCUT2D eigenvalue weighted by atomic mass is 15.4. The summed E-state index contributed by atoms with van der Waals surface area (Å²) in [6.45, 7) is 7.09. The number of piperidine rings is 1. The van der Waals surface area contributed by atoms with Gasteiger partial charge in [0, 0.05) is 32.0 Å². The van der Waals surface area contributed by atoms with Crippen LogP contribution in [0.15, 0.2) is 18.5 Å². The number of nitrogens with zero attached hydrogens (tertiary/aromatic N) is 6. The maximum atomic E-state index is 4.57. The van der Waals surface area contributed by atoms with Crippen LogP contribution in [0.3, 0.4) is 0 Å². The first-order valence-electron chi connectivity index (χ1n) is 7.51. The Hall–Kier alpha value is -2.18. The fraction of sp³-hybridized carbons (Fsp3) is 0.571. The van der Waals surface area contributed by atoms with Crippen LogP contribution in [0.1, 0.15) is 26.7 Å². The molecule has 3 heterocycles. The molecule has 1 saturated heterocycles. The van der Waals surface area contributed by atoms with Gasteiger partial charge in [-0.05, 0) is 31.7 Å². The second kappa shape index (κ2) is 6.07. The number of nitrogens with one attached hydrogen (secondary N) is 1. The van der Waals surface area contributed by atoms with E-state index >= 15 is 0 Å². The van der Waals surface area contributed by atoms with E-state index in [2.05, 4.69) is 37.2 Å². The van der Waals surface area contributed by atoms with Crippen molar-refractivity contribution in [3.05, 3.63) is 18.5 Å². The molecule has 1 aliphatic rings. The molecule has 1 N–H and O–H groups in total. The number of rotatable bonds is 4. The van der Waals surface area contributed by atoms with Gasteiger partial charge in [-0.25, -0.2) is 4.68 Å². The summed E-state index contributed by atoms with van der Waals surface area (Å²) >= 11 is 0. The molecule has 2 aromatic rings. The van der Waals surface area contributed by atoms with Crippen LogP contribution in [0, 0.1) is 5.92 Å². The quantitative estimate of drug-likeness (QED) is 0.923. The molecule has 0 aromatic carbocycles. The molecule has 0 unspecified atom stereocenters. The molecular weight excluding hydrogens is 266 g/mol. The molecule has 0 bridgehead atoms. The summed E-state index contributed by atoms with van der Waals surface area (Å²) in [7, 11) is 0. The first-order chi connectivity index (χ1) is 10.3. The molecule has 1 aliphatic heterocycles. The highest BCUT2D eigenvalue weighted by Gasteiger charge is 2.20. The number of hydrogen-bond acceptors (Lipinski definition) is 6. The van der Waals surface area contributed by atoms with E-state index in [1.807, 2.05) is 19.2 Å². The Morgan fingerprint density at radius 1 is 1.19 bits per heavy atom. The molecule has 7 nitrogen and oxygen atoms in total. The molecule has 112 valence electrons. The lowest BCUT2D eigenvalue weighted by molar-refractivity contribution is 0.434. The van der Waals surface area contributed by atoms with E-state index in [4.69, 9.17) is 0 Å². The monoisotopic (exact) mass is 287 g/mol. The van der Waals surface area contributed by atoms with Gasteiger partial charge in [-0.15, -0.1) is 0 Å². The van der Waals surface area contributed by atoms with Crippen molar-refractivity contribution in [3.8, 4) is 5.95 Å². The Morgan fingerprint density at radius 2 is 1.95 bits per heavy atom. The minimum atomic E-state index is 0.555. The Kier molecular flexibility index (Phi) is 3.98. The van der Waals surface area contributed by atoms with Crippen LogP contribution in [-0.4, -0.2) is 44.4 Å². The molecule has 0 saturated carbocycles. The largest absolute Gasteiger partial charge is 0.354 e. The van der Waals surface area contributed by atoms with Crippen molar-refractivity contribution < 1.29 is 0 Å². The molecule has 21 heavy (non-hydrogen) atoms. The SMILES string of the molecule is CCNc1nc(N2CCC(C)CC2)nc(-n2cccn2)n1. The lowest BCUT2D eigenvalue weighted by Gasteiger charge is -2.30. The topological polar surface area (TPSA) is 71.8 Å². The van der Waals surface area contributed by atoms with Crippen molar-refractivity contribution in [2.24, 2.45) is 5.92 Å². The predicted molar refractivity (Wildman–Crippen MR) is 81.7 cm³/mol. The van der Waals surface area contributed by atoms with Crippen molar-refractivity contribution in [1.29, 1.82) is 0 Å². The summed E-state index contributed by atoms with van der Waals surface area (Å²) in [5, 5.41) is 7.37. The third kappa shape index (κ3) is 3.12. The Balaban J connectivity index is 1.91. The normalized spacial score (nSPS) is 16.2. The first-order valence-corrected chi connectivity index (χ1v) is 7.51. The van der Waals surface area contributed by atoms with Gasteiger partial charge in [-0.1, -0.05) is 6.92 Å². The zero-order valence-corrected chi connectivity index (χ0v) is 12.5. The minimum Gasteiger partial charge on any atom is -0.354 e. The lowest BCUT2D eigenvalue weighted by atomic mass is 10.00. The summed E-state index contributed by atoms with van der Waals surface area (Å²) in [6.07, 6.45) is 5.92. The molecule has 2 aromatic heterocycles. The summed E-state index contributed by atoms with van der Waals surface area (Å²) < 4.78 is 1.67. The van der Waals surface area contributed by atoms with E-state index in [1.54, 1.807) is 10.9 Å². The van der Waals surface area contributed by atoms with Gasteiger partial charge in [-0.2, -0.15) is 20.1 Å². The summed E-state index contributed by atoms with van der Waals surface area (Å²) in [4.78, 5) is 15.8. The molecule has 0 aliphatic carbocycles. The molecule has 3 rings (SSSR count). The highest BCUT2D eigenvalue weighted by molar-refractivity contribution is 5.40. The Labute approximate surface area is 124 Å². The van der Waals surface area contributed by atoms with Crippen LogP contribution in [0.2, 0.25) is 0 Å². The van der Waals surface area contributed by atoms with Crippen LogP contribution in [0.4, 0.5) is 11.9 Å². The fourth-order valence-electron chi connectivity index (χ4n) is 2.43. The van der Waals surface area contributed by atoms with E-state index in [-0.39, 0.29) is 0 Å². The number of hydrogen-bond donors (Lipinski definition) is 1. The zero-order valence-electron chi connectivity index (χ0n) is 12.5.